The highest BCUT2D eigenvalue weighted by atomic mass is 16.2. The van der Waals surface area contributed by atoms with Crippen molar-refractivity contribution in [3.63, 3.8) is 0 Å². The van der Waals surface area contributed by atoms with Crippen LogP contribution >= 0.6 is 0 Å². The first kappa shape index (κ1) is 19.2. The molecule has 0 bridgehead atoms. The van der Waals surface area contributed by atoms with Gasteiger partial charge in [0.1, 0.15) is 0 Å². The SMILES string of the molecule is Cc1ccc(C2CCCC2N(C)C(=O)N2CCN(C(C)(C)C)CC2)cc1. The molecule has 0 spiro atoms. The average Bonchev–Trinajstić information content (AvgIpc) is 3.10. The molecular formula is C22H35N3O. The summed E-state index contributed by atoms with van der Waals surface area (Å²) in [7, 11) is 2.01. The number of nitrogens with zero attached hydrogens (tertiary/aromatic N) is 3. The first-order valence-corrected chi connectivity index (χ1v) is 10.1. The van der Waals surface area contributed by atoms with Gasteiger partial charge in [0.25, 0.3) is 0 Å². The highest BCUT2D eigenvalue weighted by Gasteiger charge is 2.36. The third-order valence-corrected chi connectivity index (χ3v) is 6.28. The molecule has 2 atom stereocenters. The summed E-state index contributed by atoms with van der Waals surface area (Å²) < 4.78 is 0. The van der Waals surface area contributed by atoms with E-state index in [9.17, 15) is 4.79 Å². The van der Waals surface area contributed by atoms with Crippen molar-refractivity contribution in [3.8, 4) is 0 Å². The second kappa shape index (κ2) is 7.59. The second-order valence-electron chi connectivity index (χ2n) is 9.05. The van der Waals surface area contributed by atoms with E-state index in [2.05, 4.69) is 56.9 Å². The van der Waals surface area contributed by atoms with Gasteiger partial charge in [0.15, 0.2) is 0 Å². The lowest BCUT2D eigenvalue weighted by Crippen LogP contribution is -2.57. The monoisotopic (exact) mass is 357 g/mol. The molecule has 1 aromatic rings. The maximum Gasteiger partial charge on any atom is 0.320 e. The lowest BCUT2D eigenvalue weighted by Gasteiger charge is -2.44. The molecule has 1 aromatic carbocycles. The molecule has 2 aliphatic rings. The molecule has 1 saturated heterocycles. The predicted molar refractivity (Wildman–Crippen MR) is 108 cm³/mol. The van der Waals surface area contributed by atoms with Crippen LogP contribution in [0.15, 0.2) is 24.3 Å². The minimum atomic E-state index is 0.184. The zero-order valence-corrected chi connectivity index (χ0v) is 17.2. The van der Waals surface area contributed by atoms with Crippen molar-refractivity contribution in [3.05, 3.63) is 35.4 Å². The number of benzene rings is 1. The Kier molecular flexibility index (Phi) is 5.61. The molecule has 2 fully saturated rings. The van der Waals surface area contributed by atoms with Crippen molar-refractivity contribution in [2.75, 3.05) is 33.2 Å². The van der Waals surface area contributed by atoms with Crippen LogP contribution < -0.4 is 0 Å². The van der Waals surface area contributed by atoms with Crippen molar-refractivity contribution < 1.29 is 4.79 Å². The Morgan fingerprint density at radius 1 is 1.04 bits per heavy atom. The number of carbonyl (C=O) groups is 1. The molecule has 1 aliphatic heterocycles. The van der Waals surface area contributed by atoms with E-state index in [1.165, 1.54) is 24.0 Å². The van der Waals surface area contributed by atoms with E-state index in [4.69, 9.17) is 0 Å². The number of hydrogen-bond acceptors (Lipinski definition) is 2. The van der Waals surface area contributed by atoms with E-state index in [0.29, 0.717) is 12.0 Å². The van der Waals surface area contributed by atoms with E-state index >= 15 is 0 Å². The summed E-state index contributed by atoms with van der Waals surface area (Å²) in [5.74, 6) is 0.473. The molecule has 144 valence electrons. The van der Waals surface area contributed by atoms with Crippen LogP contribution in [0.25, 0.3) is 0 Å². The highest BCUT2D eigenvalue weighted by Crippen LogP contribution is 2.37. The number of amides is 2. The van der Waals surface area contributed by atoms with E-state index < -0.39 is 0 Å². The maximum atomic E-state index is 13.1. The van der Waals surface area contributed by atoms with Crippen molar-refractivity contribution in [2.45, 2.75) is 64.5 Å². The maximum absolute atomic E-state index is 13.1. The number of likely N-dealkylation sites (N-methyl/N-ethyl adjacent to an activating group) is 1. The van der Waals surface area contributed by atoms with Crippen LogP contribution in [0.5, 0.6) is 0 Å². The molecule has 1 aliphatic carbocycles. The zero-order chi connectivity index (χ0) is 18.9. The molecule has 2 amide bonds. The van der Waals surface area contributed by atoms with Gasteiger partial charge in [-0.1, -0.05) is 36.2 Å². The number of carbonyl (C=O) groups excluding carboxylic acids is 1. The van der Waals surface area contributed by atoms with Gasteiger partial charge in [0.2, 0.25) is 0 Å². The standard InChI is InChI=1S/C22H35N3O/c1-17-9-11-18(12-10-17)19-7-6-8-20(19)23(5)21(26)24-13-15-25(16-14-24)22(2,3)4/h9-12,19-20H,6-8,13-16H2,1-5H3. The van der Waals surface area contributed by atoms with Crippen LogP contribution in [0.2, 0.25) is 0 Å². The average molecular weight is 358 g/mol. The minimum absolute atomic E-state index is 0.184. The fourth-order valence-corrected chi connectivity index (χ4v) is 4.54. The minimum Gasteiger partial charge on any atom is -0.324 e. The third kappa shape index (κ3) is 4.06. The molecule has 0 N–H and O–H groups in total. The van der Waals surface area contributed by atoms with Crippen molar-refractivity contribution in [1.82, 2.24) is 14.7 Å². The summed E-state index contributed by atoms with van der Waals surface area (Å²) in [5.41, 5.74) is 2.86. The van der Waals surface area contributed by atoms with Gasteiger partial charge in [-0.15, -0.1) is 0 Å². The summed E-state index contributed by atoms with van der Waals surface area (Å²) in [6.45, 7) is 12.5. The first-order chi connectivity index (χ1) is 12.3. The van der Waals surface area contributed by atoms with Crippen LogP contribution in [-0.4, -0.2) is 65.5 Å². The Hall–Kier alpha value is -1.55. The third-order valence-electron chi connectivity index (χ3n) is 6.28. The number of urea groups is 1. The van der Waals surface area contributed by atoms with Gasteiger partial charge in [0.05, 0.1) is 0 Å². The van der Waals surface area contributed by atoms with Gasteiger partial charge < -0.3 is 9.80 Å². The van der Waals surface area contributed by atoms with Crippen LogP contribution in [0.4, 0.5) is 4.79 Å². The Balaban J connectivity index is 1.64. The number of hydrogen-bond donors (Lipinski definition) is 0. The summed E-state index contributed by atoms with van der Waals surface area (Å²) in [6.07, 6.45) is 3.50. The lowest BCUT2D eigenvalue weighted by molar-refractivity contribution is 0.0619. The van der Waals surface area contributed by atoms with Gasteiger partial charge in [-0.2, -0.15) is 0 Å². The van der Waals surface area contributed by atoms with Crippen LogP contribution in [0.3, 0.4) is 0 Å². The van der Waals surface area contributed by atoms with Crippen LogP contribution in [-0.2, 0) is 0 Å². The second-order valence-corrected chi connectivity index (χ2v) is 9.05. The summed E-state index contributed by atoms with van der Waals surface area (Å²) in [6, 6.07) is 9.42. The van der Waals surface area contributed by atoms with Gasteiger partial charge in [-0.3, -0.25) is 4.90 Å². The largest absolute Gasteiger partial charge is 0.324 e. The van der Waals surface area contributed by atoms with E-state index in [1.54, 1.807) is 0 Å². The first-order valence-electron chi connectivity index (χ1n) is 10.1. The van der Waals surface area contributed by atoms with E-state index in [1.807, 2.05) is 16.8 Å². The Bertz CT molecular complexity index is 611. The Morgan fingerprint density at radius 2 is 1.65 bits per heavy atom. The molecule has 2 unspecified atom stereocenters. The molecule has 1 saturated carbocycles. The molecule has 4 nitrogen and oxygen atoms in total. The Morgan fingerprint density at radius 3 is 2.23 bits per heavy atom. The van der Waals surface area contributed by atoms with E-state index in [-0.39, 0.29) is 11.6 Å². The van der Waals surface area contributed by atoms with Gasteiger partial charge >= 0.3 is 6.03 Å². The lowest BCUT2D eigenvalue weighted by atomic mass is 9.92. The quantitative estimate of drug-likeness (QED) is 0.797. The van der Waals surface area contributed by atoms with Crippen LogP contribution in [0, 0.1) is 6.92 Å². The number of piperazine rings is 1. The van der Waals surface area contributed by atoms with Gasteiger partial charge in [-0.25, -0.2) is 4.79 Å². The fourth-order valence-electron chi connectivity index (χ4n) is 4.54. The summed E-state index contributed by atoms with van der Waals surface area (Å²) in [5, 5.41) is 0. The zero-order valence-electron chi connectivity index (χ0n) is 17.2. The van der Waals surface area contributed by atoms with E-state index in [0.717, 1.165) is 32.6 Å². The smallest absolute Gasteiger partial charge is 0.320 e. The molecule has 4 heteroatoms. The van der Waals surface area contributed by atoms with Crippen molar-refractivity contribution in [2.24, 2.45) is 0 Å². The number of aryl methyl sites for hydroxylation is 1. The summed E-state index contributed by atoms with van der Waals surface area (Å²) in [4.78, 5) is 19.7. The molecule has 1 heterocycles. The highest BCUT2D eigenvalue weighted by molar-refractivity contribution is 5.75. The molecular weight excluding hydrogens is 322 g/mol. The summed E-state index contributed by atoms with van der Waals surface area (Å²) >= 11 is 0. The number of rotatable bonds is 2. The molecule has 0 aromatic heterocycles. The predicted octanol–water partition coefficient (Wildman–Crippen LogP) is 4.10. The molecule has 3 rings (SSSR count). The van der Waals surface area contributed by atoms with Crippen molar-refractivity contribution in [1.29, 1.82) is 0 Å². The normalized spacial score (nSPS) is 24.7. The van der Waals surface area contributed by atoms with Gasteiger partial charge in [-0.05, 0) is 46.1 Å². The van der Waals surface area contributed by atoms with Crippen molar-refractivity contribution >= 4 is 6.03 Å². The fraction of sp³-hybridized carbons (Fsp3) is 0.682. The molecule has 0 radical (unpaired) electrons. The van der Waals surface area contributed by atoms with Gasteiger partial charge in [0, 0.05) is 50.7 Å². The topological polar surface area (TPSA) is 26.8 Å². The van der Waals surface area contributed by atoms with Crippen LogP contribution in [0.1, 0.15) is 57.1 Å². The Labute approximate surface area is 159 Å². The molecule has 26 heavy (non-hydrogen) atoms.